The number of anilines is 1. The second-order valence-electron chi connectivity index (χ2n) is 3.70. The SMILES string of the molecule is CNc1ccc([N+](=O)[O-])c(-c2cc(Cl)ccc2Cl)n1. The van der Waals surface area contributed by atoms with E-state index < -0.39 is 4.92 Å². The number of halogens is 2. The molecule has 1 heterocycles. The van der Waals surface area contributed by atoms with E-state index >= 15 is 0 Å². The largest absolute Gasteiger partial charge is 0.373 e. The molecule has 0 saturated heterocycles. The molecule has 0 aliphatic rings. The second kappa shape index (κ2) is 5.42. The highest BCUT2D eigenvalue weighted by molar-refractivity contribution is 6.35. The maximum absolute atomic E-state index is 11.1. The van der Waals surface area contributed by atoms with Crippen LogP contribution in [0.25, 0.3) is 11.3 Å². The Kier molecular flexibility index (Phi) is 3.87. The van der Waals surface area contributed by atoms with E-state index in [2.05, 4.69) is 10.3 Å². The monoisotopic (exact) mass is 297 g/mol. The highest BCUT2D eigenvalue weighted by Gasteiger charge is 2.20. The Labute approximate surface area is 119 Å². The average Bonchev–Trinajstić information content (AvgIpc) is 2.40. The lowest BCUT2D eigenvalue weighted by atomic mass is 10.1. The number of hydrogen-bond acceptors (Lipinski definition) is 4. The molecule has 0 saturated carbocycles. The molecule has 0 aliphatic carbocycles. The van der Waals surface area contributed by atoms with Crippen LogP contribution < -0.4 is 5.32 Å². The molecule has 98 valence electrons. The zero-order chi connectivity index (χ0) is 14.0. The van der Waals surface area contributed by atoms with Gasteiger partial charge in [-0.05, 0) is 24.3 Å². The van der Waals surface area contributed by atoms with Gasteiger partial charge in [0.15, 0.2) is 5.69 Å². The van der Waals surface area contributed by atoms with Gasteiger partial charge in [0.25, 0.3) is 5.69 Å². The fourth-order valence-corrected chi connectivity index (χ4v) is 1.99. The summed E-state index contributed by atoms with van der Waals surface area (Å²) in [7, 11) is 1.68. The molecular formula is C12H9Cl2N3O2. The molecule has 0 radical (unpaired) electrons. The van der Waals surface area contributed by atoms with Gasteiger partial charge in [-0.2, -0.15) is 0 Å². The topological polar surface area (TPSA) is 68.1 Å². The summed E-state index contributed by atoms with van der Waals surface area (Å²) in [6, 6.07) is 7.65. The van der Waals surface area contributed by atoms with Gasteiger partial charge in [-0.1, -0.05) is 23.2 Å². The van der Waals surface area contributed by atoms with Gasteiger partial charge < -0.3 is 5.32 Å². The van der Waals surface area contributed by atoms with Crippen molar-refractivity contribution in [2.45, 2.75) is 0 Å². The third-order valence-corrected chi connectivity index (χ3v) is 3.07. The summed E-state index contributed by atoms with van der Waals surface area (Å²) in [6.45, 7) is 0. The number of pyridine rings is 1. The smallest absolute Gasteiger partial charge is 0.295 e. The zero-order valence-electron chi connectivity index (χ0n) is 9.85. The number of nitrogens with one attached hydrogen (secondary N) is 1. The number of rotatable bonds is 3. The van der Waals surface area contributed by atoms with E-state index in [9.17, 15) is 10.1 Å². The lowest BCUT2D eigenvalue weighted by Gasteiger charge is -2.07. The molecule has 0 aliphatic heterocycles. The van der Waals surface area contributed by atoms with Crippen molar-refractivity contribution in [1.82, 2.24) is 4.98 Å². The standard InChI is InChI=1S/C12H9Cl2N3O2/c1-15-11-5-4-10(17(18)19)12(16-11)8-6-7(13)2-3-9(8)14/h2-6H,1H3,(H,15,16). The Hall–Kier alpha value is -1.85. The van der Waals surface area contributed by atoms with Crippen molar-refractivity contribution < 1.29 is 4.92 Å². The highest BCUT2D eigenvalue weighted by Crippen LogP contribution is 2.35. The number of aromatic nitrogens is 1. The summed E-state index contributed by atoms with van der Waals surface area (Å²) >= 11 is 12.0. The van der Waals surface area contributed by atoms with E-state index in [1.54, 1.807) is 25.2 Å². The van der Waals surface area contributed by atoms with Crippen molar-refractivity contribution in [3.63, 3.8) is 0 Å². The molecule has 0 atom stereocenters. The fourth-order valence-electron chi connectivity index (χ4n) is 1.62. The molecular weight excluding hydrogens is 289 g/mol. The summed E-state index contributed by atoms with van der Waals surface area (Å²) in [5, 5.41) is 14.7. The van der Waals surface area contributed by atoms with Gasteiger partial charge >= 0.3 is 0 Å². The van der Waals surface area contributed by atoms with Crippen LogP contribution in [0.1, 0.15) is 0 Å². The van der Waals surface area contributed by atoms with Gasteiger partial charge in [0.05, 0.1) is 9.95 Å². The minimum atomic E-state index is -0.501. The van der Waals surface area contributed by atoms with Crippen LogP contribution in [0.15, 0.2) is 30.3 Å². The van der Waals surface area contributed by atoms with Gasteiger partial charge in [-0.3, -0.25) is 10.1 Å². The van der Waals surface area contributed by atoms with E-state index in [-0.39, 0.29) is 11.4 Å². The Morgan fingerprint density at radius 1 is 1.26 bits per heavy atom. The Balaban J connectivity index is 2.71. The molecule has 19 heavy (non-hydrogen) atoms. The molecule has 0 bridgehead atoms. The first-order valence-electron chi connectivity index (χ1n) is 5.31. The van der Waals surface area contributed by atoms with Crippen LogP contribution >= 0.6 is 23.2 Å². The fraction of sp³-hybridized carbons (Fsp3) is 0.0833. The average molecular weight is 298 g/mol. The number of nitrogens with zero attached hydrogens (tertiary/aromatic N) is 2. The summed E-state index contributed by atoms with van der Waals surface area (Å²) in [5.41, 5.74) is 0.491. The highest BCUT2D eigenvalue weighted by atomic mass is 35.5. The molecule has 2 rings (SSSR count). The number of hydrogen-bond donors (Lipinski definition) is 1. The lowest BCUT2D eigenvalue weighted by molar-refractivity contribution is -0.384. The molecule has 1 aromatic heterocycles. The Bertz CT molecular complexity index is 647. The summed E-state index contributed by atoms with van der Waals surface area (Å²) in [4.78, 5) is 14.7. The van der Waals surface area contributed by atoms with E-state index in [1.165, 1.54) is 12.1 Å². The molecule has 7 heteroatoms. The van der Waals surface area contributed by atoms with E-state index in [4.69, 9.17) is 23.2 Å². The number of nitro groups is 1. The van der Waals surface area contributed by atoms with Crippen LogP contribution in [0.5, 0.6) is 0 Å². The van der Waals surface area contributed by atoms with Gasteiger partial charge in [0.1, 0.15) is 5.82 Å². The lowest BCUT2D eigenvalue weighted by Crippen LogP contribution is -1.99. The summed E-state index contributed by atoms with van der Waals surface area (Å²) < 4.78 is 0. The predicted molar refractivity (Wildman–Crippen MR) is 75.9 cm³/mol. The van der Waals surface area contributed by atoms with Gasteiger partial charge in [-0.25, -0.2) is 4.98 Å². The normalized spacial score (nSPS) is 10.3. The third-order valence-electron chi connectivity index (χ3n) is 2.51. The van der Waals surface area contributed by atoms with Crippen LogP contribution in [0.4, 0.5) is 11.5 Å². The number of benzene rings is 1. The van der Waals surface area contributed by atoms with Crippen molar-refractivity contribution in [1.29, 1.82) is 0 Å². The van der Waals surface area contributed by atoms with Crippen LogP contribution in [0.2, 0.25) is 10.0 Å². The summed E-state index contributed by atoms with van der Waals surface area (Å²) in [6.07, 6.45) is 0. The van der Waals surface area contributed by atoms with Crippen molar-refractivity contribution in [2.24, 2.45) is 0 Å². The second-order valence-corrected chi connectivity index (χ2v) is 4.54. The van der Waals surface area contributed by atoms with Crippen molar-refractivity contribution in [3.05, 3.63) is 50.5 Å². The zero-order valence-corrected chi connectivity index (χ0v) is 11.4. The van der Waals surface area contributed by atoms with E-state index in [0.29, 0.717) is 21.4 Å². The quantitative estimate of drug-likeness (QED) is 0.686. The molecule has 1 N–H and O–H groups in total. The first-order valence-corrected chi connectivity index (χ1v) is 6.07. The maximum atomic E-state index is 11.1. The Morgan fingerprint density at radius 2 is 2.00 bits per heavy atom. The van der Waals surface area contributed by atoms with Gasteiger partial charge in [0, 0.05) is 23.7 Å². The summed E-state index contributed by atoms with van der Waals surface area (Å²) in [5.74, 6) is 0.511. The van der Waals surface area contributed by atoms with Crippen molar-refractivity contribution in [2.75, 3.05) is 12.4 Å². The first kappa shape index (κ1) is 13.6. The third kappa shape index (κ3) is 2.77. The molecule has 5 nitrogen and oxygen atoms in total. The van der Waals surface area contributed by atoms with Gasteiger partial charge in [0.2, 0.25) is 0 Å². The molecule has 0 unspecified atom stereocenters. The van der Waals surface area contributed by atoms with Crippen molar-refractivity contribution in [3.8, 4) is 11.3 Å². The van der Waals surface area contributed by atoms with Crippen LogP contribution in [0.3, 0.4) is 0 Å². The molecule has 0 amide bonds. The molecule has 1 aromatic carbocycles. The van der Waals surface area contributed by atoms with Gasteiger partial charge in [-0.15, -0.1) is 0 Å². The van der Waals surface area contributed by atoms with E-state index in [1.807, 2.05) is 0 Å². The maximum Gasteiger partial charge on any atom is 0.295 e. The van der Waals surface area contributed by atoms with E-state index in [0.717, 1.165) is 0 Å². The Morgan fingerprint density at radius 3 is 2.63 bits per heavy atom. The minimum Gasteiger partial charge on any atom is -0.373 e. The predicted octanol–water partition coefficient (Wildman–Crippen LogP) is 4.01. The van der Waals surface area contributed by atoms with Crippen molar-refractivity contribution >= 4 is 34.7 Å². The first-order chi connectivity index (χ1) is 9.02. The van der Waals surface area contributed by atoms with Crippen LogP contribution in [0, 0.1) is 10.1 Å². The molecule has 0 fully saturated rings. The minimum absolute atomic E-state index is 0.122. The molecule has 2 aromatic rings. The molecule has 0 spiro atoms. The van der Waals surface area contributed by atoms with Crippen LogP contribution in [-0.4, -0.2) is 17.0 Å². The van der Waals surface area contributed by atoms with Crippen LogP contribution in [-0.2, 0) is 0 Å².